The molecule has 3 heterocycles. The van der Waals surface area contributed by atoms with E-state index in [9.17, 15) is 9.90 Å². The van der Waals surface area contributed by atoms with Gasteiger partial charge in [-0.25, -0.2) is 0 Å². The van der Waals surface area contributed by atoms with Gasteiger partial charge in [-0.2, -0.15) is 4.98 Å². The number of nitrogens with zero attached hydrogens (tertiary/aromatic N) is 3. The molecule has 1 saturated carbocycles. The molecule has 6 nitrogen and oxygen atoms in total. The van der Waals surface area contributed by atoms with Crippen molar-refractivity contribution in [2.45, 2.75) is 45.1 Å². The molecule has 0 unspecified atom stereocenters. The number of hydrogen-bond donors (Lipinski definition) is 1. The minimum absolute atomic E-state index is 0.0484. The molecule has 1 atom stereocenters. The summed E-state index contributed by atoms with van der Waals surface area (Å²) in [6, 6.07) is 6.07. The predicted molar refractivity (Wildman–Crippen MR) is 103 cm³/mol. The van der Waals surface area contributed by atoms with Gasteiger partial charge in [-0.05, 0) is 44.2 Å². The Balaban J connectivity index is 1.30. The van der Waals surface area contributed by atoms with Gasteiger partial charge in [0.2, 0.25) is 11.8 Å². The number of carbonyl (C=O) groups excluding carboxylic acids is 1. The number of pyridine rings is 1. The summed E-state index contributed by atoms with van der Waals surface area (Å²) in [4.78, 5) is 18.9. The molecule has 1 spiro atoms. The van der Waals surface area contributed by atoms with E-state index in [-0.39, 0.29) is 30.0 Å². The SMILES string of the molecule is CC[C@H](CO)C(=O)N1CC2(CCC(Oc3ccc4ccn(C)c4n3)CC2)C1. The first-order chi connectivity index (χ1) is 13.0. The highest BCUT2D eigenvalue weighted by atomic mass is 16.5. The quantitative estimate of drug-likeness (QED) is 0.878. The molecule has 1 N–H and O–H groups in total. The monoisotopic (exact) mass is 371 g/mol. The number of amides is 1. The highest BCUT2D eigenvalue weighted by Crippen LogP contribution is 2.45. The standard InChI is InChI=1S/C21H29N3O3/c1-3-15(12-25)20(26)24-13-21(14-24)9-6-17(7-10-21)27-18-5-4-16-8-11-23(2)19(16)22-18/h4-5,8,11,15,17,25H,3,6-7,9-10,12-14H2,1-2H3/t15-/m1/s1. The van der Waals surface area contributed by atoms with Crippen LogP contribution in [0.25, 0.3) is 11.0 Å². The fraction of sp³-hybridized carbons (Fsp3) is 0.619. The maximum Gasteiger partial charge on any atom is 0.228 e. The molecular formula is C21H29N3O3. The Morgan fingerprint density at radius 2 is 2.07 bits per heavy atom. The van der Waals surface area contributed by atoms with Crippen molar-refractivity contribution < 1.29 is 14.6 Å². The van der Waals surface area contributed by atoms with Gasteiger partial charge in [-0.15, -0.1) is 0 Å². The summed E-state index contributed by atoms with van der Waals surface area (Å²) in [5.41, 5.74) is 1.21. The van der Waals surface area contributed by atoms with Crippen molar-refractivity contribution >= 4 is 16.9 Å². The lowest BCUT2D eigenvalue weighted by Crippen LogP contribution is -2.61. The van der Waals surface area contributed by atoms with E-state index in [2.05, 4.69) is 17.1 Å². The average Bonchev–Trinajstić information content (AvgIpc) is 3.02. The normalized spacial score (nSPS) is 20.6. The van der Waals surface area contributed by atoms with E-state index in [0.717, 1.165) is 49.8 Å². The van der Waals surface area contributed by atoms with Crippen molar-refractivity contribution in [3.8, 4) is 5.88 Å². The molecule has 1 aliphatic carbocycles. The molecule has 1 saturated heterocycles. The van der Waals surface area contributed by atoms with Crippen LogP contribution in [0.15, 0.2) is 24.4 Å². The summed E-state index contributed by atoms with van der Waals surface area (Å²) >= 11 is 0. The van der Waals surface area contributed by atoms with Crippen LogP contribution >= 0.6 is 0 Å². The summed E-state index contributed by atoms with van der Waals surface area (Å²) in [5.74, 6) is 0.578. The Kier molecular flexibility index (Phi) is 4.84. The number of aromatic nitrogens is 2. The number of likely N-dealkylation sites (tertiary alicyclic amines) is 1. The number of hydrogen-bond acceptors (Lipinski definition) is 4. The molecule has 2 fully saturated rings. The zero-order valence-corrected chi connectivity index (χ0v) is 16.2. The molecule has 6 heteroatoms. The van der Waals surface area contributed by atoms with Crippen molar-refractivity contribution in [2.24, 2.45) is 18.4 Å². The molecule has 2 aromatic heterocycles. The lowest BCUT2D eigenvalue weighted by atomic mass is 9.67. The molecule has 27 heavy (non-hydrogen) atoms. The molecule has 2 aromatic rings. The molecule has 0 bridgehead atoms. The van der Waals surface area contributed by atoms with Crippen molar-refractivity contribution in [3.63, 3.8) is 0 Å². The molecule has 0 aromatic carbocycles. The maximum absolute atomic E-state index is 12.4. The number of aliphatic hydroxyl groups excluding tert-OH is 1. The summed E-state index contributed by atoms with van der Waals surface area (Å²) < 4.78 is 8.17. The Hall–Kier alpha value is -2.08. The summed E-state index contributed by atoms with van der Waals surface area (Å²) in [6.45, 7) is 3.58. The zero-order valence-electron chi connectivity index (χ0n) is 16.2. The molecule has 4 rings (SSSR count). The number of carbonyl (C=O) groups is 1. The third-order valence-corrected chi connectivity index (χ3v) is 6.40. The number of ether oxygens (including phenoxy) is 1. The van der Waals surface area contributed by atoms with Crippen molar-refractivity contribution in [1.29, 1.82) is 0 Å². The lowest BCUT2D eigenvalue weighted by molar-refractivity contribution is -0.152. The van der Waals surface area contributed by atoms with Gasteiger partial charge in [0.1, 0.15) is 11.8 Å². The van der Waals surface area contributed by atoms with Gasteiger partial charge in [-0.3, -0.25) is 4.79 Å². The van der Waals surface area contributed by atoms with Crippen LogP contribution in [-0.2, 0) is 11.8 Å². The number of rotatable bonds is 5. The zero-order chi connectivity index (χ0) is 19.0. The highest BCUT2D eigenvalue weighted by molar-refractivity contribution is 5.80. The Labute approximate surface area is 160 Å². The number of aliphatic hydroxyl groups is 1. The van der Waals surface area contributed by atoms with Crippen LogP contribution in [0.1, 0.15) is 39.0 Å². The molecular weight excluding hydrogens is 342 g/mol. The van der Waals surface area contributed by atoms with Crippen LogP contribution in [-0.4, -0.2) is 51.3 Å². The second kappa shape index (κ2) is 7.15. The third-order valence-electron chi connectivity index (χ3n) is 6.40. The summed E-state index contributed by atoms with van der Waals surface area (Å²) in [5, 5.41) is 10.5. The van der Waals surface area contributed by atoms with Crippen LogP contribution in [0.2, 0.25) is 0 Å². The molecule has 0 radical (unpaired) electrons. The Bertz CT molecular complexity index is 811. The fourth-order valence-electron chi connectivity index (χ4n) is 4.55. The summed E-state index contributed by atoms with van der Waals surface area (Å²) in [6.07, 6.45) is 7.10. The number of fused-ring (bicyclic) bond motifs is 1. The van der Waals surface area contributed by atoms with E-state index in [0.29, 0.717) is 12.3 Å². The molecule has 1 amide bonds. The van der Waals surface area contributed by atoms with Crippen LogP contribution in [0, 0.1) is 11.3 Å². The first kappa shape index (κ1) is 18.3. The lowest BCUT2D eigenvalue weighted by Gasteiger charge is -2.54. The van der Waals surface area contributed by atoms with Gasteiger partial charge in [0.05, 0.1) is 12.5 Å². The minimum Gasteiger partial charge on any atom is -0.474 e. The van der Waals surface area contributed by atoms with Crippen LogP contribution < -0.4 is 4.74 Å². The van der Waals surface area contributed by atoms with Crippen molar-refractivity contribution in [1.82, 2.24) is 14.5 Å². The topological polar surface area (TPSA) is 67.6 Å². The van der Waals surface area contributed by atoms with Gasteiger partial charge in [0.15, 0.2) is 0 Å². The molecule has 1 aliphatic heterocycles. The van der Waals surface area contributed by atoms with E-state index in [4.69, 9.17) is 4.74 Å². The summed E-state index contributed by atoms with van der Waals surface area (Å²) in [7, 11) is 1.99. The van der Waals surface area contributed by atoms with E-state index in [1.54, 1.807) is 0 Å². The Morgan fingerprint density at radius 3 is 2.74 bits per heavy atom. The predicted octanol–water partition coefficient (Wildman–Crippen LogP) is 2.74. The molecule has 2 aliphatic rings. The second-order valence-electron chi connectivity index (χ2n) is 8.29. The second-order valence-corrected chi connectivity index (χ2v) is 8.29. The Morgan fingerprint density at radius 1 is 1.33 bits per heavy atom. The average molecular weight is 371 g/mol. The first-order valence-corrected chi connectivity index (χ1v) is 10.0. The van der Waals surface area contributed by atoms with E-state index >= 15 is 0 Å². The first-order valence-electron chi connectivity index (χ1n) is 10.0. The van der Waals surface area contributed by atoms with E-state index in [1.807, 2.05) is 35.7 Å². The molecule has 146 valence electrons. The minimum atomic E-state index is -0.236. The van der Waals surface area contributed by atoms with Gasteiger partial charge in [0.25, 0.3) is 0 Å². The van der Waals surface area contributed by atoms with Crippen LogP contribution in [0.5, 0.6) is 5.88 Å². The van der Waals surface area contributed by atoms with Crippen molar-refractivity contribution in [3.05, 3.63) is 24.4 Å². The van der Waals surface area contributed by atoms with E-state index < -0.39 is 0 Å². The van der Waals surface area contributed by atoms with Crippen molar-refractivity contribution in [2.75, 3.05) is 19.7 Å². The van der Waals surface area contributed by atoms with Gasteiger partial charge in [-0.1, -0.05) is 6.92 Å². The van der Waals surface area contributed by atoms with Crippen LogP contribution in [0.4, 0.5) is 0 Å². The van der Waals surface area contributed by atoms with Crippen LogP contribution in [0.3, 0.4) is 0 Å². The third kappa shape index (κ3) is 3.43. The number of aryl methyl sites for hydroxylation is 1. The fourth-order valence-corrected chi connectivity index (χ4v) is 4.55. The smallest absolute Gasteiger partial charge is 0.228 e. The van der Waals surface area contributed by atoms with Gasteiger partial charge in [0, 0.05) is 43.2 Å². The van der Waals surface area contributed by atoms with Gasteiger partial charge < -0.3 is 19.3 Å². The maximum atomic E-state index is 12.4. The largest absolute Gasteiger partial charge is 0.474 e. The highest BCUT2D eigenvalue weighted by Gasteiger charge is 2.48. The van der Waals surface area contributed by atoms with E-state index in [1.165, 1.54) is 0 Å². The van der Waals surface area contributed by atoms with Gasteiger partial charge >= 0.3 is 0 Å².